The van der Waals surface area contributed by atoms with Crippen molar-refractivity contribution in [3.63, 3.8) is 0 Å². The highest BCUT2D eigenvalue weighted by Gasteiger charge is 2.18. The Morgan fingerprint density at radius 1 is 1.22 bits per heavy atom. The summed E-state index contributed by atoms with van der Waals surface area (Å²) in [5, 5.41) is 6.80. The van der Waals surface area contributed by atoms with Gasteiger partial charge in [0.05, 0.1) is 10.3 Å². The van der Waals surface area contributed by atoms with E-state index in [2.05, 4.69) is 40.8 Å². The molecular formula is C16H15N5S2. The molecule has 3 aromatic heterocycles. The monoisotopic (exact) mass is 341 g/mol. The zero-order chi connectivity index (χ0) is 15.8. The lowest BCUT2D eigenvalue weighted by molar-refractivity contribution is 0.623. The van der Waals surface area contributed by atoms with Crippen LogP contribution in [-0.4, -0.2) is 25.5 Å². The van der Waals surface area contributed by atoms with Crippen molar-refractivity contribution in [2.75, 3.05) is 11.5 Å². The molecule has 0 radical (unpaired) electrons. The molecule has 1 aromatic carbocycles. The second-order valence-corrected chi connectivity index (χ2v) is 6.79. The van der Waals surface area contributed by atoms with Gasteiger partial charge in [0.25, 0.3) is 0 Å². The fourth-order valence-electron chi connectivity index (χ4n) is 2.68. The predicted octanol–water partition coefficient (Wildman–Crippen LogP) is 3.61. The largest absolute Gasteiger partial charge is 0.383 e. The molecule has 0 saturated heterocycles. The van der Waals surface area contributed by atoms with Crippen molar-refractivity contribution >= 4 is 50.9 Å². The molecular weight excluding hydrogens is 326 g/mol. The lowest BCUT2D eigenvalue weighted by atomic mass is 10.2. The third-order valence-electron chi connectivity index (χ3n) is 3.75. The first-order chi connectivity index (χ1) is 11.3. The van der Waals surface area contributed by atoms with Crippen LogP contribution in [0.5, 0.6) is 0 Å². The van der Waals surface area contributed by atoms with Crippen LogP contribution in [-0.2, 0) is 6.54 Å². The number of aromatic nitrogens is 4. The van der Waals surface area contributed by atoms with Crippen LogP contribution in [0.15, 0.2) is 36.7 Å². The second kappa shape index (κ2) is 5.82. The van der Waals surface area contributed by atoms with Crippen LogP contribution < -0.4 is 5.73 Å². The summed E-state index contributed by atoms with van der Waals surface area (Å²) in [6.07, 6.45) is 2.42. The van der Waals surface area contributed by atoms with Crippen LogP contribution in [0.25, 0.3) is 31.7 Å². The van der Waals surface area contributed by atoms with Crippen molar-refractivity contribution in [2.24, 2.45) is 0 Å². The molecule has 0 aliphatic rings. The van der Waals surface area contributed by atoms with E-state index in [-0.39, 0.29) is 0 Å². The van der Waals surface area contributed by atoms with Crippen molar-refractivity contribution in [3.8, 4) is 10.6 Å². The van der Waals surface area contributed by atoms with Gasteiger partial charge in [-0.25, -0.2) is 14.6 Å². The van der Waals surface area contributed by atoms with Crippen molar-refractivity contribution in [1.82, 2.24) is 19.7 Å². The second-order valence-electron chi connectivity index (χ2n) is 5.25. The number of aryl methyl sites for hydroxylation is 1. The summed E-state index contributed by atoms with van der Waals surface area (Å²) in [6, 6.07) is 10.5. The van der Waals surface area contributed by atoms with E-state index < -0.39 is 0 Å². The van der Waals surface area contributed by atoms with Crippen LogP contribution in [0.2, 0.25) is 0 Å². The minimum absolute atomic E-state index is 0.472. The molecule has 23 heavy (non-hydrogen) atoms. The lowest BCUT2D eigenvalue weighted by Crippen LogP contribution is -2.02. The van der Waals surface area contributed by atoms with Crippen LogP contribution in [0.4, 0.5) is 5.82 Å². The van der Waals surface area contributed by atoms with Crippen LogP contribution in [0.1, 0.15) is 6.42 Å². The van der Waals surface area contributed by atoms with Crippen molar-refractivity contribution in [3.05, 3.63) is 36.7 Å². The molecule has 2 N–H and O–H groups in total. The van der Waals surface area contributed by atoms with E-state index in [0.29, 0.717) is 5.82 Å². The fraction of sp³-hybridized carbons (Fsp3) is 0.188. The lowest BCUT2D eigenvalue weighted by Gasteiger charge is -2.00. The Kier molecular flexibility index (Phi) is 3.66. The number of thiol groups is 1. The highest BCUT2D eigenvalue weighted by molar-refractivity contribution is 7.80. The van der Waals surface area contributed by atoms with Gasteiger partial charge < -0.3 is 5.73 Å². The van der Waals surface area contributed by atoms with Gasteiger partial charge in [-0.15, -0.1) is 11.3 Å². The van der Waals surface area contributed by atoms with Gasteiger partial charge in [-0.1, -0.05) is 18.2 Å². The molecule has 5 nitrogen and oxygen atoms in total. The number of fused-ring (bicyclic) bond motifs is 2. The minimum atomic E-state index is 0.472. The molecule has 0 fully saturated rings. The molecule has 116 valence electrons. The average Bonchev–Trinajstić information content (AvgIpc) is 3.15. The molecule has 3 heterocycles. The fourth-order valence-corrected chi connectivity index (χ4v) is 3.87. The first-order valence-electron chi connectivity index (χ1n) is 7.34. The number of rotatable bonds is 4. The van der Waals surface area contributed by atoms with Crippen LogP contribution in [0.3, 0.4) is 0 Å². The summed E-state index contributed by atoms with van der Waals surface area (Å²) in [4.78, 5) is 9.61. The molecule has 0 amide bonds. The summed E-state index contributed by atoms with van der Waals surface area (Å²) >= 11 is 5.99. The number of nitrogen functional groups attached to an aromatic ring is 1. The maximum absolute atomic E-state index is 6.12. The van der Waals surface area contributed by atoms with E-state index >= 15 is 0 Å². The van der Waals surface area contributed by atoms with Gasteiger partial charge >= 0.3 is 0 Å². The standard InChI is InChI=1S/C16H15N5S2/c17-15-13-14(12-8-10-4-1-2-5-11(10)23-12)20-21(6-3-7-22)16(13)19-9-18-15/h1-2,4-5,8-9,22H,3,6-7H2,(H2,17,18,19). The van der Waals surface area contributed by atoms with Crippen molar-refractivity contribution in [2.45, 2.75) is 13.0 Å². The molecule has 0 atom stereocenters. The topological polar surface area (TPSA) is 69.6 Å². The Bertz CT molecular complexity index is 956. The van der Waals surface area contributed by atoms with Gasteiger partial charge in [-0.05, 0) is 29.7 Å². The van der Waals surface area contributed by atoms with Gasteiger partial charge in [0.1, 0.15) is 17.8 Å². The summed E-state index contributed by atoms with van der Waals surface area (Å²) in [6.45, 7) is 0.765. The Morgan fingerprint density at radius 2 is 2.09 bits per heavy atom. The average molecular weight is 341 g/mol. The van der Waals surface area contributed by atoms with E-state index in [0.717, 1.165) is 40.3 Å². The van der Waals surface area contributed by atoms with Gasteiger partial charge in [0.15, 0.2) is 5.65 Å². The molecule has 0 unspecified atom stereocenters. The predicted molar refractivity (Wildman–Crippen MR) is 99.0 cm³/mol. The quantitative estimate of drug-likeness (QED) is 0.556. The van der Waals surface area contributed by atoms with E-state index in [1.807, 2.05) is 16.8 Å². The molecule has 4 aromatic rings. The van der Waals surface area contributed by atoms with Crippen LogP contribution >= 0.6 is 24.0 Å². The highest BCUT2D eigenvalue weighted by atomic mass is 32.1. The number of nitrogens with zero attached hydrogens (tertiary/aromatic N) is 4. The highest BCUT2D eigenvalue weighted by Crippen LogP contribution is 2.37. The van der Waals surface area contributed by atoms with Gasteiger partial charge in [-0.2, -0.15) is 17.7 Å². The third kappa shape index (κ3) is 2.46. The number of anilines is 1. The SMILES string of the molecule is Nc1ncnc2c1c(-c1cc3ccccc3s1)nn2CCCS. The zero-order valence-electron chi connectivity index (χ0n) is 12.3. The Balaban J connectivity index is 1.95. The number of hydrogen-bond acceptors (Lipinski definition) is 6. The molecule has 0 spiro atoms. The maximum Gasteiger partial charge on any atom is 0.163 e. The first-order valence-corrected chi connectivity index (χ1v) is 8.79. The number of nitrogens with two attached hydrogens (primary N) is 1. The first kappa shape index (κ1) is 14.5. The van der Waals surface area contributed by atoms with E-state index in [9.17, 15) is 0 Å². The smallest absolute Gasteiger partial charge is 0.163 e. The Labute approximate surface area is 142 Å². The number of thiophene rings is 1. The molecule has 0 aliphatic heterocycles. The molecule has 0 aliphatic carbocycles. The number of hydrogen-bond donors (Lipinski definition) is 2. The van der Waals surface area contributed by atoms with Gasteiger partial charge in [-0.3, -0.25) is 0 Å². The Hall–Kier alpha value is -2.12. The van der Waals surface area contributed by atoms with Gasteiger partial charge in [0, 0.05) is 11.2 Å². The summed E-state index contributed by atoms with van der Waals surface area (Å²) < 4.78 is 3.14. The summed E-state index contributed by atoms with van der Waals surface area (Å²) in [5.74, 6) is 1.28. The van der Waals surface area contributed by atoms with Crippen molar-refractivity contribution in [1.29, 1.82) is 0 Å². The summed E-state index contributed by atoms with van der Waals surface area (Å²) in [5.41, 5.74) is 7.76. The van der Waals surface area contributed by atoms with Crippen molar-refractivity contribution < 1.29 is 0 Å². The van der Waals surface area contributed by atoms with E-state index in [1.165, 1.54) is 16.4 Å². The zero-order valence-corrected chi connectivity index (χ0v) is 14.0. The normalized spacial score (nSPS) is 11.5. The Morgan fingerprint density at radius 3 is 2.91 bits per heavy atom. The van der Waals surface area contributed by atoms with E-state index in [4.69, 9.17) is 10.8 Å². The maximum atomic E-state index is 6.12. The minimum Gasteiger partial charge on any atom is -0.383 e. The summed E-state index contributed by atoms with van der Waals surface area (Å²) in [7, 11) is 0. The molecule has 4 rings (SSSR count). The van der Waals surface area contributed by atoms with Crippen LogP contribution in [0, 0.1) is 0 Å². The van der Waals surface area contributed by atoms with E-state index in [1.54, 1.807) is 11.3 Å². The van der Waals surface area contributed by atoms with Gasteiger partial charge in [0.2, 0.25) is 0 Å². The molecule has 0 saturated carbocycles. The number of benzene rings is 1. The third-order valence-corrected chi connectivity index (χ3v) is 5.18. The molecule has 0 bridgehead atoms. The molecule has 7 heteroatoms.